The Balaban J connectivity index is 1.54. The van der Waals surface area contributed by atoms with Crippen molar-refractivity contribution in [1.82, 2.24) is 9.47 Å². The lowest BCUT2D eigenvalue weighted by Gasteiger charge is -2.20. The summed E-state index contributed by atoms with van der Waals surface area (Å²) in [6.07, 6.45) is 0. The molecular weight excluding hydrogens is 406 g/mol. The molecule has 1 N–H and O–H groups in total. The van der Waals surface area contributed by atoms with E-state index in [-0.39, 0.29) is 30.3 Å². The van der Waals surface area contributed by atoms with Gasteiger partial charge in [0.25, 0.3) is 0 Å². The Bertz CT molecular complexity index is 1300. The average molecular weight is 429 g/mol. The fraction of sp³-hybridized carbons (Fsp3) is 0.160. The van der Waals surface area contributed by atoms with Crippen molar-refractivity contribution in [3.8, 4) is 5.75 Å². The second kappa shape index (κ2) is 8.93. The highest BCUT2D eigenvalue weighted by atomic mass is 16.5. The minimum Gasteiger partial charge on any atom is -0.497 e. The second-order valence-electron chi connectivity index (χ2n) is 7.48. The first kappa shape index (κ1) is 21.1. The summed E-state index contributed by atoms with van der Waals surface area (Å²) in [5.41, 5.74) is 1.92. The van der Waals surface area contributed by atoms with E-state index >= 15 is 0 Å². The van der Waals surface area contributed by atoms with Crippen molar-refractivity contribution in [2.24, 2.45) is 0 Å². The molecule has 0 spiro atoms. The van der Waals surface area contributed by atoms with E-state index in [9.17, 15) is 14.4 Å². The maximum atomic E-state index is 13.0. The summed E-state index contributed by atoms with van der Waals surface area (Å²) in [6.45, 7) is -0.0887. The summed E-state index contributed by atoms with van der Waals surface area (Å²) >= 11 is 0. The van der Waals surface area contributed by atoms with Crippen LogP contribution >= 0.6 is 0 Å². The number of pyridine rings is 1. The molecule has 162 valence electrons. The first-order valence-electron chi connectivity index (χ1n) is 10.2. The molecule has 0 radical (unpaired) electrons. The lowest BCUT2D eigenvalue weighted by molar-refractivity contribution is -0.133. The molecule has 0 unspecified atom stereocenters. The molecule has 7 nitrogen and oxygen atoms in total. The van der Waals surface area contributed by atoms with Crippen molar-refractivity contribution in [3.63, 3.8) is 0 Å². The normalized spacial score (nSPS) is 10.8. The quantitative estimate of drug-likeness (QED) is 0.477. The highest BCUT2D eigenvalue weighted by molar-refractivity contribution is 5.96. The third-order valence-electron chi connectivity index (χ3n) is 5.35. The predicted molar refractivity (Wildman–Crippen MR) is 125 cm³/mol. The first-order chi connectivity index (χ1) is 15.5. The molecule has 7 heteroatoms. The molecular formula is C25H23N3O4. The van der Waals surface area contributed by atoms with E-state index in [1.165, 1.54) is 4.90 Å². The van der Waals surface area contributed by atoms with E-state index < -0.39 is 0 Å². The van der Waals surface area contributed by atoms with Crippen molar-refractivity contribution in [1.29, 1.82) is 0 Å². The Morgan fingerprint density at radius 1 is 0.906 bits per heavy atom. The summed E-state index contributed by atoms with van der Waals surface area (Å²) in [5.74, 6) is 0.144. The van der Waals surface area contributed by atoms with E-state index in [1.54, 1.807) is 62.7 Å². The van der Waals surface area contributed by atoms with Gasteiger partial charge in [0, 0.05) is 23.5 Å². The number of fused-ring (bicyclic) bond motifs is 2. The maximum absolute atomic E-state index is 13.0. The van der Waals surface area contributed by atoms with Crippen molar-refractivity contribution in [2.75, 3.05) is 26.0 Å². The fourth-order valence-corrected chi connectivity index (χ4v) is 3.68. The number of hydrogen-bond acceptors (Lipinski definition) is 4. The molecule has 2 amide bonds. The molecule has 32 heavy (non-hydrogen) atoms. The molecule has 0 aliphatic carbocycles. The van der Waals surface area contributed by atoms with Crippen molar-refractivity contribution < 1.29 is 14.3 Å². The largest absolute Gasteiger partial charge is 0.497 e. The number of methoxy groups -OCH3 is 1. The number of amides is 2. The summed E-state index contributed by atoms with van der Waals surface area (Å²) in [4.78, 5) is 39.6. The highest BCUT2D eigenvalue weighted by Crippen LogP contribution is 2.19. The Labute approximate surface area is 184 Å². The van der Waals surface area contributed by atoms with Crippen LogP contribution in [-0.4, -0.2) is 42.0 Å². The van der Waals surface area contributed by atoms with E-state index in [0.29, 0.717) is 33.2 Å². The van der Waals surface area contributed by atoms with Gasteiger partial charge in [0.05, 0.1) is 24.7 Å². The van der Waals surface area contributed by atoms with Crippen molar-refractivity contribution >= 4 is 39.3 Å². The molecule has 4 aromatic rings. The fourth-order valence-electron chi connectivity index (χ4n) is 3.68. The molecule has 0 atom stereocenters. The van der Waals surface area contributed by atoms with E-state index in [0.717, 1.165) is 0 Å². The number of likely N-dealkylation sites (N-methyl/N-ethyl adjacent to an activating group) is 1. The number of carbonyl (C=O) groups excluding carboxylic acids is 2. The number of nitrogens with zero attached hydrogens (tertiary/aromatic N) is 2. The summed E-state index contributed by atoms with van der Waals surface area (Å²) < 4.78 is 6.93. The number of nitrogens with one attached hydrogen (secondary N) is 1. The Morgan fingerprint density at radius 2 is 1.47 bits per heavy atom. The van der Waals surface area contributed by atoms with Crippen LogP contribution < -0.4 is 15.5 Å². The van der Waals surface area contributed by atoms with Crippen LogP contribution in [0.1, 0.15) is 0 Å². The van der Waals surface area contributed by atoms with Crippen LogP contribution in [0.5, 0.6) is 5.75 Å². The number of aromatic nitrogens is 1. The molecule has 0 saturated carbocycles. The van der Waals surface area contributed by atoms with Gasteiger partial charge in [-0.25, -0.2) is 0 Å². The van der Waals surface area contributed by atoms with Gasteiger partial charge in [-0.05, 0) is 48.5 Å². The second-order valence-corrected chi connectivity index (χ2v) is 7.48. The topological polar surface area (TPSA) is 80.6 Å². The molecule has 1 heterocycles. The van der Waals surface area contributed by atoms with Gasteiger partial charge in [0.15, 0.2) is 5.43 Å². The van der Waals surface area contributed by atoms with Crippen LogP contribution in [0.15, 0.2) is 77.6 Å². The molecule has 0 bridgehead atoms. The first-order valence-corrected chi connectivity index (χ1v) is 10.2. The van der Waals surface area contributed by atoms with Crippen LogP contribution in [0.4, 0.5) is 5.69 Å². The average Bonchev–Trinajstić information content (AvgIpc) is 2.82. The van der Waals surface area contributed by atoms with Crippen LogP contribution in [0.25, 0.3) is 21.8 Å². The van der Waals surface area contributed by atoms with Gasteiger partial charge in [-0.3, -0.25) is 14.4 Å². The number of benzene rings is 3. The summed E-state index contributed by atoms with van der Waals surface area (Å²) in [6, 6.07) is 21.4. The number of anilines is 1. The zero-order valence-corrected chi connectivity index (χ0v) is 17.9. The SMILES string of the molecule is COc1ccc(NC(=O)CN(C)C(=O)Cn2c3ccccc3c(=O)c3ccccc32)cc1. The number of carbonyl (C=O) groups is 2. The molecule has 3 aromatic carbocycles. The van der Waals surface area contributed by atoms with Gasteiger partial charge in [-0.1, -0.05) is 24.3 Å². The Morgan fingerprint density at radius 3 is 2.03 bits per heavy atom. The van der Waals surface area contributed by atoms with Gasteiger partial charge in [-0.15, -0.1) is 0 Å². The molecule has 0 fully saturated rings. The van der Waals surface area contributed by atoms with Crippen molar-refractivity contribution in [3.05, 3.63) is 83.0 Å². The molecule has 0 aliphatic heterocycles. The van der Waals surface area contributed by atoms with Crippen LogP contribution in [0.3, 0.4) is 0 Å². The van der Waals surface area contributed by atoms with Crippen LogP contribution in [-0.2, 0) is 16.1 Å². The highest BCUT2D eigenvalue weighted by Gasteiger charge is 2.17. The van der Waals surface area contributed by atoms with Crippen LogP contribution in [0, 0.1) is 0 Å². The zero-order valence-electron chi connectivity index (χ0n) is 17.9. The molecule has 0 saturated heterocycles. The third-order valence-corrected chi connectivity index (χ3v) is 5.35. The summed E-state index contributed by atoms with van der Waals surface area (Å²) in [7, 11) is 3.16. The minimum atomic E-state index is -0.305. The number of rotatable bonds is 6. The standard InChI is InChI=1S/C25H23N3O4/c1-27(15-23(29)26-17-11-13-18(32-2)14-12-17)24(30)16-28-21-9-5-3-7-19(21)25(31)20-8-4-6-10-22(20)28/h3-14H,15-16H2,1-2H3,(H,26,29). The van der Waals surface area contributed by atoms with E-state index in [2.05, 4.69) is 5.32 Å². The Hall–Kier alpha value is -4.13. The zero-order chi connectivity index (χ0) is 22.7. The Kier molecular flexibility index (Phi) is 5.89. The molecule has 1 aromatic heterocycles. The van der Waals surface area contributed by atoms with Crippen molar-refractivity contribution in [2.45, 2.75) is 6.54 Å². The monoisotopic (exact) mass is 429 g/mol. The molecule has 0 aliphatic rings. The smallest absolute Gasteiger partial charge is 0.243 e. The predicted octanol–water partition coefficient (Wildman–Crippen LogP) is 3.26. The minimum absolute atomic E-state index is 0.00756. The van der Waals surface area contributed by atoms with Crippen LogP contribution in [0.2, 0.25) is 0 Å². The number of para-hydroxylation sites is 2. The van der Waals surface area contributed by atoms with Gasteiger partial charge < -0.3 is 19.5 Å². The lowest BCUT2D eigenvalue weighted by Crippen LogP contribution is -2.37. The third kappa shape index (κ3) is 4.18. The van der Waals surface area contributed by atoms with Gasteiger partial charge >= 0.3 is 0 Å². The van der Waals surface area contributed by atoms with E-state index in [4.69, 9.17) is 4.74 Å². The van der Waals surface area contributed by atoms with Gasteiger partial charge in [0.1, 0.15) is 12.3 Å². The summed E-state index contributed by atoms with van der Waals surface area (Å²) in [5, 5.41) is 3.88. The molecule has 4 rings (SSSR count). The number of hydrogen-bond donors (Lipinski definition) is 1. The van der Waals surface area contributed by atoms with E-state index in [1.807, 2.05) is 28.8 Å². The maximum Gasteiger partial charge on any atom is 0.243 e. The van der Waals surface area contributed by atoms with Gasteiger partial charge in [0.2, 0.25) is 11.8 Å². The lowest BCUT2D eigenvalue weighted by atomic mass is 10.1. The van der Waals surface area contributed by atoms with Gasteiger partial charge in [-0.2, -0.15) is 0 Å². The number of ether oxygens (including phenoxy) is 1.